The van der Waals surface area contributed by atoms with Gasteiger partial charge in [-0.05, 0) is 44.7 Å². The van der Waals surface area contributed by atoms with Gasteiger partial charge in [0.1, 0.15) is 0 Å². The minimum absolute atomic E-state index is 0.205. The molecule has 2 N–H and O–H groups in total. The molecule has 0 heterocycles. The molecule has 1 rings (SSSR count). The fourth-order valence-electron chi connectivity index (χ4n) is 2.58. The van der Waals surface area contributed by atoms with Crippen molar-refractivity contribution < 1.29 is 13.5 Å². The van der Waals surface area contributed by atoms with Gasteiger partial charge in [0.05, 0.1) is 17.0 Å². The van der Waals surface area contributed by atoms with E-state index in [1.54, 1.807) is 13.8 Å². The van der Waals surface area contributed by atoms with Crippen LogP contribution in [0.15, 0.2) is 17.0 Å². The van der Waals surface area contributed by atoms with Crippen LogP contribution in [0, 0.1) is 20.8 Å². The first-order chi connectivity index (χ1) is 9.21. The lowest BCUT2D eigenvalue weighted by molar-refractivity contribution is 0.172. The van der Waals surface area contributed by atoms with Gasteiger partial charge in [-0.25, -0.2) is 13.1 Å². The summed E-state index contributed by atoms with van der Waals surface area (Å²) >= 11 is 0. The van der Waals surface area contributed by atoms with Crippen LogP contribution in [0.25, 0.3) is 0 Å². The maximum Gasteiger partial charge on any atom is 0.241 e. The number of nitrogens with one attached hydrogen (secondary N) is 1. The van der Waals surface area contributed by atoms with Crippen LogP contribution in [0.5, 0.6) is 0 Å². The molecule has 5 heteroatoms. The van der Waals surface area contributed by atoms with Gasteiger partial charge in [-0.1, -0.05) is 31.5 Å². The minimum atomic E-state index is -3.64. The zero-order valence-electron chi connectivity index (χ0n) is 12.9. The summed E-state index contributed by atoms with van der Waals surface area (Å²) in [5.41, 5.74) is 1.71. The third-order valence-electron chi connectivity index (χ3n) is 3.88. The summed E-state index contributed by atoms with van der Waals surface area (Å²) in [6.45, 7) is 9.08. The highest BCUT2D eigenvalue weighted by Crippen LogP contribution is 2.25. The summed E-state index contributed by atoms with van der Waals surface area (Å²) in [6, 6.07) is 3.72. The van der Waals surface area contributed by atoms with Gasteiger partial charge in [0.2, 0.25) is 10.0 Å². The second-order valence-electron chi connectivity index (χ2n) is 5.48. The van der Waals surface area contributed by atoms with Gasteiger partial charge in [-0.15, -0.1) is 0 Å². The largest absolute Gasteiger partial charge is 0.394 e. The molecule has 114 valence electrons. The lowest BCUT2D eigenvalue weighted by Gasteiger charge is -2.31. The molecule has 4 nitrogen and oxygen atoms in total. The number of benzene rings is 1. The number of aryl methyl sites for hydroxylation is 3. The molecular weight excluding hydrogens is 274 g/mol. The maximum atomic E-state index is 12.7. The number of aliphatic hydroxyl groups excluding tert-OH is 1. The molecule has 0 atom stereocenters. The van der Waals surface area contributed by atoms with Gasteiger partial charge in [0.25, 0.3) is 0 Å². The van der Waals surface area contributed by atoms with Crippen molar-refractivity contribution in [3.8, 4) is 0 Å². The summed E-state index contributed by atoms with van der Waals surface area (Å²) in [7, 11) is -3.64. The van der Waals surface area contributed by atoms with Crippen molar-refractivity contribution in [2.75, 3.05) is 6.61 Å². The van der Waals surface area contributed by atoms with Gasteiger partial charge in [-0.2, -0.15) is 0 Å². The van der Waals surface area contributed by atoms with Crippen LogP contribution in [-0.4, -0.2) is 25.7 Å². The van der Waals surface area contributed by atoms with E-state index in [2.05, 4.69) is 4.72 Å². The Balaban J connectivity index is 3.32. The first-order valence-electron chi connectivity index (χ1n) is 6.94. The molecule has 0 amide bonds. The molecule has 0 bridgehead atoms. The van der Waals surface area contributed by atoms with E-state index in [1.165, 1.54) is 0 Å². The number of hydrogen-bond acceptors (Lipinski definition) is 3. The van der Waals surface area contributed by atoms with E-state index in [0.717, 1.165) is 16.7 Å². The predicted octanol–water partition coefficient (Wildman–Crippen LogP) is 2.44. The Morgan fingerprint density at radius 3 is 1.90 bits per heavy atom. The van der Waals surface area contributed by atoms with Crippen LogP contribution >= 0.6 is 0 Å². The average Bonchev–Trinajstić information content (AvgIpc) is 2.34. The van der Waals surface area contributed by atoms with Gasteiger partial charge >= 0.3 is 0 Å². The molecule has 0 spiro atoms. The zero-order chi connectivity index (χ0) is 15.6. The molecule has 0 fully saturated rings. The molecule has 1 aromatic rings. The van der Waals surface area contributed by atoms with Crippen molar-refractivity contribution in [2.24, 2.45) is 0 Å². The van der Waals surface area contributed by atoms with Crippen LogP contribution in [0.3, 0.4) is 0 Å². The van der Waals surface area contributed by atoms with Gasteiger partial charge in [0.15, 0.2) is 0 Å². The van der Waals surface area contributed by atoms with Crippen LogP contribution in [0.4, 0.5) is 0 Å². The van der Waals surface area contributed by atoms with Gasteiger partial charge in [-0.3, -0.25) is 0 Å². The minimum Gasteiger partial charge on any atom is -0.394 e. The Bertz CT molecular complexity index is 544. The quantitative estimate of drug-likeness (QED) is 0.848. The van der Waals surface area contributed by atoms with E-state index in [1.807, 2.05) is 32.9 Å². The Kier molecular flexibility index (Phi) is 5.35. The van der Waals surface area contributed by atoms with Gasteiger partial charge in [0, 0.05) is 0 Å². The van der Waals surface area contributed by atoms with E-state index in [4.69, 9.17) is 0 Å². The van der Waals surface area contributed by atoms with E-state index in [9.17, 15) is 13.5 Å². The molecule has 0 saturated heterocycles. The summed E-state index contributed by atoms with van der Waals surface area (Å²) in [4.78, 5) is 0.322. The Labute approximate surface area is 122 Å². The van der Waals surface area contributed by atoms with Crippen molar-refractivity contribution in [3.05, 3.63) is 28.8 Å². The van der Waals surface area contributed by atoms with Crippen molar-refractivity contribution in [3.63, 3.8) is 0 Å². The van der Waals surface area contributed by atoms with Crippen molar-refractivity contribution in [2.45, 2.75) is 57.9 Å². The maximum absolute atomic E-state index is 12.7. The number of rotatable bonds is 6. The monoisotopic (exact) mass is 299 g/mol. The molecule has 0 radical (unpaired) electrons. The Hall–Kier alpha value is -0.910. The topological polar surface area (TPSA) is 66.4 Å². The lowest BCUT2D eigenvalue weighted by Crippen LogP contribution is -2.50. The third kappa shape index (κ3) is 3.40. The number of sulfonamides is 1. The Morgan fingerprint density at radius 2 is 1.55 bits per heavy atom. The fourth-order valence-corrected chi connectivity index (χ4v) is 4.57. The smallest absolute Gasteiger partial charge is 0.241 e. The lowest BCUT2D eigenvalue weighted by atomic mass is 9.96. The SMILES string of the molecule is CCC(CC)(CO)NS(=O)(=O)c1c(C)cc(C)cc1C. The average molecular weight is 299 g/mol. The van der Waals surface area contributed by atoms with Crippen LogP contribution < -0.4 is 4.72 Å². The molecule has 1 aromatic carbocycles. The first-order valence-corrected chi connectivity index (χ1v) is 8.42. The van der Waals surface area contributed by atoms with Crippen LogP contribution in [-0.2, 0) is 10.0 Å². The van der Waals surface area contributed by atoms with E-state index in [-0.39, 0.29) is 6.61 Å². The molecule has 0 aliphatic carbocycles. The molecular formula is C15H25NO3S. The molecule has 0 aliphatic heterocycles. The fraction of sp³-hybridized carbons (Fsp3) is 0.600. The van der Waals surface area contributed by atoms with Crippen LogP contribution in [0.1, 0.15) is 43.4 Å². The number of hydrogen-bond donors (Lipinski definition) is 2. The third-order valence-corrected chi connectivity index (χ3v) is 5.76. The van der Waals surface area contributed by atoms with Crippen molar-refractivity contribution in [1.29, 1.82) is 0 Å². The number of aliphatic hydroxyl groups is 1. The van der Waals surface area contributed by atoms with E-state index < -0.39 is 15.6 Å². The summed E-state index contributed by atoms with van der Waals surface area (Å²) in [5, 5.41) is 9.54. The van der Waals surface area contributed by atoms with Crippen molar-refractivity contribution >= 4 is 10.0 Å². The summed E-state index contributed by atoms with van der Waals surface area (Å²) in [6.07, 6.45) is 1.09. The second-order valence-corrected chi connectivity index (χ2v) is 7.10. The molecule has 20 heavy (non-hydrogen) atoms. The Morgan fingerprint density at radius 1 is 1.10 bits per heavy atom. The summed E-state index contributed by atoms with van der Waals surface area (Å²) in [5.74, 6) is 0. The normalized spacial score (nSPS) is 12.7. The van der Waals surface area contributed by atoms with Crippen molar-refractivity contribution in [1.82, 2.24) is 4.72 Å². The second kappa shape index (κ2) is 6.24. The molecule has 0 unspecified atom stereocenters. The highest BCUT2D eigenvalue weighted by atomic mass is 32.2. The molecule has 0 aromatic heterocycles. The predicted molar refractivity (Wildman–Crippen MR) is 81.4 cm³/mol. The molecule has 0 aliphatic rings. The zero-order valence-corrected chi connectivity index (χ0v) is 13.8. The first kappa shape index (κ1) is 17.1. The highest BCUT2D eigenvalue weighted by molar-refractivity contribution is 7.89. The van der Waals surface area contributed by atoms with E-state index in [0.29, 0.717) is 17.7 Å². The van der Waals surface area contributed by atoms with Gasteiger partial charge < -0.3 is 5.11 Å². The highest BCUT2D eigenvalue weighted by Gasteiger charge is 2.32. The van der Waals surface area contributed by atoms with E-state index >= 15 is 0 Å². The van der Waals surface area contributed by atoms with Crippen LogP contribution in [0.2, 0.25) is 0 Å². The standard InChI is InChI=1S/C15H25NO3S/c1-6-15(7-2,10-17)16-20(18,19)14-12(4)8-11(3)9-13(14)5/h8-9,16-17H,6-7,10H2,1-5H3. The summed E-state index contributed by atoms with van der Waals surface area (Å²) < 4.78 is 28.0. The molecule has 0 saturated carbocycles.